The summed E-state index contributed by atoms with van der Waals surface area (Å²) in [6.45, 7) is 4.26. The van der Waals surface area contributed by atoms with E-state index in [1.807, 2.05) is 6.92 Å². The van der Waals surface area contributed by atoms with Crippen molar-refractivity contribution < 1.29 is 18.7 Å². The Bertz CT molecular complexity index is 752. The molecule has 0 spiro atoms. The molecule has 3 saturated carbocycles. The fourth-order valence-electron chi connectivity index (χ4n) is 6.96. The molecule has 1 unspecified atom stereocenters. The van der Waals surface area contributed by atoms with Crippen LogP contribution < -0.4 is 0 Å². The highest BCUT2D eigenvalue weighted by atomic mass is 19.1. The Hall–Kier alpha value is -1.45. The van der Waals surface area contributed by atoms with Crippen molar-refractivity contribution in [3.63, 3.8) is 0 Å². The van der Waals surface area contributed by atoms with Crippen LogP contribution in [0.15, 0.2) is 23.5 Å². The molecular formula is C21H25FO3. The number of allylic oxidation sites excluding steroid dienone is 4. The quantitative estimate of drug-likeness (QED) is 0.729. The van der Waals surface area contributed by atoms with Gasteiger partial charge < -0.3 is 4.74 Å². The molecule has 134 valence electrons. The van der Waals surface area contributed by atoms with E-state index >= 15 is 0 Å². The van der Waals surface area contributed by atoms with Crippen molar-refractivity contribution >= 4 is 11.6 Å². The first-order valence-electron chi connectivity index (χ1n) is 9.53. The van der Waals surface area contributed by atoms with Gasteiger partial charge in [-0.3, -0.25) is 9.59 Å². The van der Waals surface area contributed by atoms with Crippen LogP contribution in [0.5, 0.6) is 0 Å². The Balaban J connectivity index is 1.63. The van der Waals surface area contributed by atoms with Crippen molar-refractivity contribution in [2.75, 3.05) is 7.11 Å². The van der Waals surface area contributed by atoms with Gasteiger partial charge in [0.2, 0.25) is 5.78 Å². The topological polar surface area (TPSA) is 43.4 Å². The van der Waals surface area contributed by atoms with Gasteiger partial charge in [-0.2, -0.15) is 0 Å². The van der Waals surface area contributed by atoms with Gasteiger partial charge in [-0.25, -0.2) is 4.39 Å². The number of alkyl halides is 1. The SMILES string of the molecule is COC1=C2C=C[C@H]3[C@@H]4C[C@H](F)C(=O)[C@@]4(C)CC[C@@H]3[C@@]2(C)C2C[C@@H]2C1=O. The van der Waals surface area contributed by atoms with Crippen molar-refractivity contribution in [1.29, 1.82) is 0 Å². The predicted octanol–water partition coefficient (Wildman–Crippen LogP) is 3.64. The number of fused-ring (bicyclic) bond motifs is 7. The zero-order valence-corrected chi connectivity index (χ0v) is 15.0. The highest BCUT2D eigenvalue weighted by molar-refractivity contribution is 6.00. The number of halogens is 1. The van der Waals surface area contributed by atoms with Crippen LogP contribution in [-0.2, 0) is 14.3 Å². The third-order valence-electron chi connectivity index (χ3n) is 8.44. The maximum Gasteiger partial charge on any atom is 0.201 e. The molecular weight excluding hydrogens is 319 g/mol. The monoisotopic (exact) mass is 344 g/mol. The normalized spacial score (nSPS) is 53.1. The molecule has 5 rings (SSSR count). The molecule has 0 N–H and O–H groups in total. The van der Waals surface area contributed by atoms with Gasteiger partial charge in [0.05, 0.1) is 7.11 Å². The third-order valence-corrected chi connectivity index (χ3v) is 8.44. The van der Waals surface area contributed by atoms with E-state index in [2.05, 4.69) is 19.1 Å². The maximum atomic E-state index is 14.3. The highest BCUT2D eigenvalue weighted by Crippen LogP contribution is 2.70. The molecule has 0 aromatic carbocycles. The molecule has 0 aromatic rings. The summed E-state index contributed by atoms with van der Waals surface area (Å²) in [6.07, 6.45) is 5.91. The second-order valence-corrected chi connectivity index (χ2v) is 9.22. The van der Waals surface area contributed by atoms with Crippen LogP contribution in [-0.4, -0.2) is 24.8 Å². The van der Waals surface area contributed by atoms with Gasteiger partial charge in [0, 0.05) is 22.3 Å². The van der Waals surface area contributed by atoms with E-state index in [-0.39, 0.29) is 34.7 Å². The van der Waals surface area contributed by atoms with Gasteiger partial charge in [0.1, 0.15) is 0 Å². The second-order valence-electron chi connectivity index (χ2n) is 9.22. The molecule has 3 nitrogen and oxygen atoms in total. The zero-order valence-electron chi connectivity index (χ0n) is 15.0. The summed E-state index contributed by atoms with van der Waals surface area (Å²) in [5.41, 5.74) is 0.451. The van der Waals surface area contributed by atoms with E-state index in [4.69, 9.17) is 4.74 Å². The van der Waals surface area contributed by atoms with Crippen molar-refractivity contribution in [3.05, 3.63) is 23.5 Å². The molecule has 8 atom stereocenters. The van der Waals surface area contributed by atoms with E-state index in [1.165, 1.54) is 0 Å². The Morgan fingerprint density at radius 1 is 1.16 bits per heavy atom. The summed E-state index contributed by atoms with van der Waals surface area (Å²) in [4.78, 5) is 25.0. The summed E-state index contributed by atoms with van der Waals surface area (Å²) in [6, 6.07) is 0. The molecule has 3 fully saturated rings. The van der Waals surface area contributed by atoms with Crippen LogP contribution in [0.2, 0.25) is 0 Å². The summed E-state index contributed by atoms with van der Waals surface area (Å²) in [5.74, 6) is 1.68. The van der Waals surface area contributed by atoms with Crippen LogP contribution in [0.25, 0.3) is 0 Å². The molecule has 0 heterocycles. The van der Waals surface area contributed by atoms with Gasteiger partial charge in [0.15, 0.2) is 17.7 Å². The number of ether oxygens (including phenoxy) is 1. The molecule has 5 aliphatic rings. The van der Waals surface area contributed by atoms with Gasteiger partial charge in [-0.15, -0.1) is 0 Å². The van der Waals surface area contributed by atoms with Gasteiger partial charge in [-0.1, -0.05) is 26.0 Å². The fourth-order valence-corrected chi connectivity index (χ4v) is 6.96. The lowest BCUT2D eigenvalue weighted by atomic mass is 9.49. The summed E-state index contributed by atoms with van der Waals surface area (Å²) in [5, 5.41) is 0. The Morgan fingerprint density at radius 3 is 2.64 bits per heavy atom. The number of methoxy groups -OCH3 is 1. The Kier molecular flexibility index (Phi) is 2.92. The van der Waals surface area contributed by atoms with E-state index in [9.17, 15) is 14.0 Å². The van der Waals surface area contributed by atoms with E-state index in [1.54, 1.807) is 7.11 Å². The van der Waals surface area contributed by atoms with Gasteiger partial charge in [0.25, 0.3) is 0 Å². The molecule has 0 bridgehead atoms. The molecule has 0 amide bonds. The lowest BCUT2D eigenvalue weighted by Gasteiger charge is -2.54. The minimum atomic E-state index is -1.30. The minimum absolute atomic E-state index is 0.0812. The van der Waals surface area contributed by atoms with Gasteiger partial charge in [-0.05, 0) is 49.4 Å². The average molecular weight is 344 g/mol. The molecule has 0 saturated heterocycles. The van der Waals surface area contributed by atoms with Crippen LogP contribution in [0.1, 0.15) is 39.5 Å². The Morgan fingerprint density at radius 2 is 1.92 bits per heavy atom. The molecule has 0 radical (unpaired) electrons. The number of carbonyl (C=O) groups excluding carboxylic acids is 2. The third kappa shape index (κ3) is 1.67. The molecule has 0 aliphatic heterocycles. The van der Waals surface area contributed by atoms with Crippen LogP contribution in [0.4, 0.5) is 4.39 Å². The van der Waals surface area contributed by atoms with Crippen molar-refractivity contribution in [2.24, 2.45) is 40.4 Å². The van der Waals surface area contributed by atoms with Gasteiger partial charge >= 0.3 is 0 Å². The summed E-state index contributed by atoms with van der Waals surface area (Å²) < 4.78 is 19.8. The summed E-state index contributed by atoms with van der Waals surface area (Å²) in [7, 11) is 1.59. The first-order chi connectivity index (χ1) is 11.8. The number of hydrogen-bond acceptors (Lipinski definition) is 3. The first-order valence-corrected chi connectivity index (χ1v) is 9.53. The zero-order chi connectivity index (χ0) is 17.7. The van der Waals surface area contributed by atoms with E-state index in [0.717, 1.165) is 24.8 Å². The molecule has 5 aliphatic carbocycles. The molecule has 0 aromatic heterocycles. The number of carbonyl (C=O) groups is 2. The van der Waals surface area contributed by atoms with Crippen molar-refractivity contribution in [1.82, 2.24) is 0 Å². The van der Waals surface area contributed by atoms with E-state index in [0.29, 0.717) is 24.0 Å². The number of Topliss-reactive ketones (excluding diaryl/α,β-unsaturated/α-hetero) is 2. The lowest BCUT2D eigenvalue weighted by molar-refractivity contribution is -0.133. The Labute approximate surface area is 147 Å². The average Bonchev–Trinajstić information content (AvgIpc) is 3.36. The maximum absolute atomic E-state index is 14.3. The van der Waals surface area contributed by atoms with E-state index < -0.39 is 11.6 Å². The molecule has 4 heteroatoms. The van der Waals surface area contributed by atoms with Crippen LogP contribution in [0, 0.1) is 40.4 Å². The highest BCUT2D eigenvalue weighted by Gasteiger charge is 2.67. The number of ketones is 2. The number of hydrogen-bond donors (Lipinski definition) is 0. The first kappa shape index (κ1) is 15.8. The van der Waals surface area contributed by atoms with Crippen molar-refractivity contribution in [3.8, 4) is 0 Å². The van der Waals surface area contributed by atoms with Crippen LogP contribution in [0.3, 0.4) is 0 Å². The van der Waals surface area contributed by atoms with Crippen molar-refractivity contribution in [2.45, 2.75) is 45.7 Å². The predicted molar refractivity (Wildman–Crippen MR) is 90.2 cm³/mol. The second kappa shape index (κ2) is 4.63. The fraction of sp³-hybridized carbons (Fsp3) is 0.714. The standard InChI is InChI=1S/C21H25FO3/c1-20-7-6-12-10(14(20)9-16(22)19(20)24)4-5-13-18(25-3)17(23)11-8-15(11)21(12,13)2/h4-5,10-12,14-16H,6-9H2,1-3H3/t10-,11+,12+,14+,15?,16+,20+,21-/m1/s1. The van der Waals surface area contributed by atoms with Crippen LogP contribution >= 0.6 is 0 Å². The molecule has 25 heavy (non-hydrogen) atoms. The lowest BCUT2D eigenvalue weighted by Crippen LogP contribution is -2.50. The smallest absolute Gasteiger partial charge is 0.201 e. The largest absolute Gasteiger partial charge is 0.493 e. The minimum Gasteiger partial charge on any atom is -0.493 e. The summed E-state index contributed by atoms with van der Waals surface area (Å²) >= 11 is 0. The number of rotatable bonds is 1.